The minimum absolute atomic E-state index is 0.0625. The summed E-state index contributed by atoms with van der Waals surface area (Å²) in [6.45, 7) is 5.02. The SMILES string of the molecule is Cc1ccc2nc(C(=O)N3CCCC3C)ccc2c1. The van der Waals surface area contributed by atoms with Gasteiger partial charge in [0, 0.05) is 18.0 Å². The van der Waals surface area contributed by atoms with Gasteiger partial charge in [-0.2, -0.15) is 0 Å². The Bertz CT molecular complexity index is 636. The molecule has 3 nitrogen and oxygen atoms in total. The summed E-state index contributed by atoms with van der Waals surface area (Å²) in [6, 6.07) is 10.3. The molecule has 19 heavy (non-hydrogen) atoms. The summed E-state index contributed by atoms with van der Waals surface area (Å²) in [6.07, 6.45) is 2.19. The van der Waals surface area contributed by atoms with Crippen LogP contribution in [0.3, 0.4) is 0 Å². The number of rotatable bonds is 1. The van der Waals surface area contributed by atoms with Gasteiger partial charge in [0.05, 0.1) is 5.52 Å². The van der Waals surface area contributed by atoms with E-state index < -0.39 is 0 Å². The first-order valence-corrected chi connectivity index (χ1v) is 6.83. The number of amides is 1. The minimum atomic E-state index is 0.0625. The monoisotopic (exact) mass is 254 g/mol. The Morgan fingerprint density at radius 1 is 1.32 bits per heavy atom. The first-order valence-electron chi connectivity index (χ1n) is 6.83. The van der Waals surface area contributed by atoms with Crippen molar-refractivity contribution in [1.29, 1.82) is 0 Å². The lowest BCUT2D eigenvalue weighted by Gasteiger charge is -2.20. The van der Waals surface area contributed by atoms with Gasteiger partial charge in [0.2, 0.25) is 0 Å². The molecule has 1 aromatic heterocycles. The number of carbonyl (C=O) groups excluding carboxylic acids is 1. The number of fused-ring (bicyclic) bond motifs is 1. The molecule has 0 spiro atoms. The third-order valence-electron chi connectivity index (χ3n) is 3.88. The largest absolute Gasteiger partial charge is 0.335 e. The van der Waals surface area contributed by atoms with E-state index in [9.17, 15) is 4.79 Å². The average molecular weight is 254 g/mol. The van der Waals surface area contributed by atoms with Crippen LogP contribution in [0, 0.1) is 6.92 Å². The number of carbonyl (C=O) groups is 1. The number of likely N-dealkylation sites (tertiary alicyclic amines) is 1. The molecule has 1 aromatic carbocycles. The van der Waals surface area contributed by atoms with E-state index in [-0.39, 0.29) is 5.91 Å². The zero-order valence-electron chi connectivity index (χ0n) is 11.4. The lowest BCUT2D eigenvalue weighted by molar-refractivity contribution is 0.0742. The van der Waals surface area contributed by atoms with Gasteiger partial charge in [0.1, 0.15) is 5.69 Å². The highest BCUT2D eigenvalue weighted by atomic mass is 16.2. The van der Waals surface area contributed by atoms with Crippen LogP contribution in [0.4, 0.5) is 0 Å². The summed E-state index contributed by atoms with van der Waals surface area (Å²) in [5.74, 6) is 0.0625. The number of hydrogen-bond acceptors (Lipinski definition) is 2. The van der Waals surface area contributed by atoms with Gasteiger partial charge in [-0.25, -0.2) is 4.98 Å². The van der Waals surface area contributed by atoms with Gasteiger partial charge in [-0.3, -0.25) is 4.79 Å². The molecule has 1 fully saturated rings. The lowest BCUT2D eigenvalue weighted by Crippen LogP contribution is -2.34. The third kappa shape index (κ3) is 2.21. The highest BCUT2D eigenvalue weighted by Gasteiger charge is 2.26. The number of nitrogens with zero attached hydrogens (tertiary/aromatic N) is 2. The van der Waals surface area contributed by atoms with Gasteiger partial charge in [0.15, 0.2) is 0 Å². The van der Waals surface area contributed by atoms with E-state index in [1.54, 1.807) is 0 Å². The Balaban J connectivity index is 1.97. The molecule has 1 aliphatic rings. The Hall–Kier alpha value is -1.90. The number of aryl methyl sites for hydroxylation is 1. The summed E-state index contributed by atoms with van der Waals surface area (Å²) in [4.78, 5) is 18.9. The second-order valence-corrected chi connectivity index (χ2v) is 5.38. The van der Waals surface area contributed by atoms with Crippen molar-refractivity contribution >= 4 is 16.8 Å². The van der Waals surface area contributed by atoms with Crippen molar-refractivity contribution in [2.24, 2.45) is 0 Å². The smallest absolute Gasteiger partial charge is 0.272 e. The standard InChI is InChI=1S/C16H18N2O/c1-11-5-7-14-13(10-11)6-8-15(17-14)16(19)18-9-3-4-12(18)2/h5-8,10,12H,3-4,9H2,1-2H3. The highest BCUT2D eigenvalue weighted by molar-refractivity contribution is 5.95. The quantitative estimate of drug-likeness (QED) is 0.783. The van der Waals surface area contributed by atoms with Crippen LogP contribution in [-0.4, -0.2) is 28.4 Å². The van der Waals surface area contributed by atoms with E-state index >= 15 is 0 Å². The summed E-state index contributed by atoms with van der Waals surface area (Å²) in [5.41, 5.74) is 2.66. The molecule has 1 unspecified atom stereocenters. The molecular weight excluding hydrogens is 236 g/mol. The van der Waals surface area contributed by atoms with Crippen molar-refractivity contribution in [1.82, 2.24) is 9.88 Å². The van der Waals surface area contributed by atoms with Crippen molar-refractivity contribution in [3.05, 3.63) is 41.6 Å². The maximum absolute atomic E-state index is 12.4. The first-order chi connectivity index (χ1) is 9.15. The molecule has 98 valence electrons. The van der Waals surface area contributed by atoms with Crippen LogP contribution in [0.15, 0.2) is 30.3 Å². The Morgan fingerprint density at radius 3 is 2.89 bits per heavy atom. The Morgan fingerprint density at radius 2 is 2.16 bits per heavy atom. The summed E-state index contributed by atoms with van der Waals surface area (Å²) in [5, 5.41) is 1.09. The zero-order valence-corrected chi connectivity index (χ0v) is 11.4. The fraction of sp³-hybridized carbons (Fsp3) is 0.375. The normalized spacial score (nSPS) is 19.1. The fourth-order valence-corrected chi connectivity index (χ4v) is 2.75. The van der Waals surface area contributed by atoms with E-state index in [0.29, 0.717) is 11.7 Å². The molecule has 0 bridgehead atoms. The molecule has 3 heteroatoms. The first kappa shape index (κ1) is 12.2. The van der Waals surface area contributed by atoms with Crippen LogP contribution in [0.5, 0.6) is 0 Å². The van der Waals surface area contributed by atoms with E-state index in [1.807, 2.05) is 29.2 Å². The number of pyridine rings is 1. The molecule has 0 aliphatic carbocycles. The lowest BCUT2D eigenvalue weighted by atomic mass is 10.1. The number of benzene rings is 1. The zero-order chi connectivity index (χ0) is 13.4. The van der Waals surface area contributed by atoms with E-state index in [2.05, 4.69) is 24.9 Å². The van der Waals surface area contributed by atoms with Crippen molar-refractivity contribution in [2.75, 3.05) is 6.54 Å². The van der Waals surface area contributed by atoms with Crippen LogP contribution in [0.2, 0.25) is 0 Å². The van der Waals surface area contributed by atoms with Crippen LogP contribution in [0.25, 0.3) is 10.9 Å². The Labute approximate surface area is 113 Å². The van der Waals surface area contributed by atoms with Gasteiger partial charge in [-0.1, -0.05) is 17.7 Å². The maximum atomic E-state index is 12.4. The average Bonchev–Trinajstić information content (AvgIpc) is 2.83. The van der Waals surface area contributed by atoms with Gasteiger partial charge in [-0.05, 0) is 44.9 Å². The van der Waals surface area contributed by atoms with E-state index in [0.717, 1.165) is 30.3 Å². The van der Waals surface area contributed by atoms with Crippen molar-refractivity contribution in [3.8, 4) is 0 Å². The van der Waals surface area contributed by atoms with Crippen molar-refractivity contribution < 1.29 is 4.79 Å². The molecule has 0 N–H and O–H groups in total. The molecule has 2 heterocycles. The fourth-order valence-electron chi connectivity index (χ4n) is 2.75. The maximum Gasteiger partial charge on any atom is 0.272 e. The van der Waals surface area contributed by atoms with Crippen LogP contribution in [0.1, 0.15) is 35.8 Å². The molecule has 0 radical (unpaired) electrons. The van der Waals surface area contributed by atoms with E-state index in [4.69, 9.17) is 0 Å². The summed E-state index contributed by atoms with van der Waals surface area (Å²) in [7, 11) is 0. The third-order valence-corrected chi connectivity index (χ3v) is 3.88. The molecule has 1 aliphatic heterocycles. The predicted octanol–water partition coefficient (Wildman–Crippen LogP) is 3.17. The summed E-state index contributed by atoms with van der Waals surface area (Å²) < 4.78 is 0. The molecule has 3 rings (SSSR count). The molecule has 1 amide bonds. The number of aromatic nitrogens is 1. The Kier molecular flexibility index (Phi) is 2.97. The molecule has 1 atom stereocenters. The van der Waals surface area contributed by atoms with Crippen LogP contribution in [-0.2, 0) is 0 Å². The van der Waals surface area contributed by atoms with E-state index in [1.165, 1.54) is 5.56 Å². The molecule has 1 saturated heterocycles. The van der Waals surface area contributed by atoms with Gasteiger partial charge < -0.3 is 4.90 Å². The second kappa shape index (κ2) is 4.65. The second-order valence-electron chi connectivity index (χ2n) is 5.38. The summed E-state index contributed by atoms with van der Waals surface area (Å²) >= 11 is 0. The number of hydrogen-bond donors (Lipinski definition) is 0. The van der Waals surface area contributed by atoms with Gasteiger partial charge in [-0.15, -0.1) is 0 Å². The van der Waals surface area contributed by atoms with Crippen molar-refractivity contribution in [3.63, 3.8) is 0 Å². The van der Waals surface area contributed by atoms with Crippen molar-refractivity contribution in [2.45, 2.75) is 32.7 Å². The minimum Gasteiger partial charge on any atom is -0.335 e. The highest BCUT2D eigenvalue weighted by Crippen LogP contribution is 2.20. The van der Waals surface area contributed by atoms with Crippen LogP contribution >= 0.6 is 0 Å². The topological polar surface area (TPSA) is 33.2 Å². The van der Waals surface area contributed by atoms with Crippen LogP contribution < -0.4 is 0 Å². The molecule has 2 aromatic rings. The predicted molar refractivity (Wildman–Crippen MR) is 76.2 cm³/mol. The molecule has 0 saturated carbocycles. The van der Waals surface area contributed by atoms with Gasteiger partial charge >= 0.3 is 0 Å². The molecular formula is C16H18N2O. The van der Waals surface area contributed by atoms with Gasteiger partial charge in [0.25, 0.3) is 5.91 Å².